The van der Waals surface area contributed by atoms with Gasteiger partial charge in [0.05, 0.1) is 32.6 Å². The summed E-state index contributed by atoms with van der Waals surface area (Å²) in [7, 11) is 0.371. The molecule has 0 heterocycles. The number of hydrogen-bond donors (Lipinski definition) is 1. The van der Waals surface area contributed by atoms with Gasteiger partial charge in [0.1, 0.15) is 22.2 Å². The van der Waals surface area contributed by atoms with E-state index in [2.05, 4.69) is 0 Å². The molecule has 0 fully saturated rings. The molecule has 0 radical (unpaired) electrons. The summed E-state index contributed by atoms with van der Waals surface area (Å²) in [5.41, 5.74) is 6.17. The van der Waals surface area contributed by atoms with E-state index in [0.717, 1.165) is 0 Å². The zero-order valence-electron chi connectivity index (χ0n) is 15.3. The van der Waals surface area contributed by atoms with Crippen LogP contribution in [0.25, 0.3) is 6.08 Å². The molecule has 0 spiro atoms. The smallest absolute Gasteiger partial charge is 0.260 e. The molecule has 0 bridgehead atoms. The van der Waals surface area contributed by atoms with Gasteiger partial charge in [-0.1, -0.05) is 18.2 Å². The van der Waals surface area contributed by atoms with Crippen LogP contribution in [0, 0.1) is 0 Å². The van der Waals surface area contributed by atoms with Crippen LogP contribution in [0.15, 0.2) is 47.4 Å². The summed E-state index contributed by atoms with van der Waals surface area (Å²) < 4.78 is 41.2. The highest BCUT2D eigenvalue weighted by atomic mass is 32.2. The Morgan fingerprint density at radius 2 is 1.52 bits per heavy atom. The van der Waals surface area contributed by atoms with Gasteiger partial charge in [0.2, 0.25) is 0 Å². The van der Waals surface area contributed by atoms with Crippen molar-refractivity contribution < 1.29 is 27.4 Å². The van der Waals surface area contributed by atoms with Crippen LogP contribution in [-0.2, 0) is 20.4 Å². The van der Waals surface area contributed by atoms with E-state index in [9.17, 15) is 13.2 Å². The third-order valence-corrected chi connectivity index (χ3v) is 5.54. The van der Waals surface area contributed by atoms with Gasteiger partial charge in [-0.15, -0.1) is 0 Å². The molecule has 0 saturated carbocycles. The van der Waals surface area contributed by atoms with Gasteiger partial charge in [0, 0.05) is 0 Å². The number of amides is 1. The van der Waals surface area contributed by atoms with Crippen molar-refractivity contribution in [2.45, 2.75) is 5.75 Å². The van der Waals surface area contributed by atoms with Gasteiger partial charge < -0.3 is 19.9 Å². The van der Waals surface area contributed by atoms with Gasteiger partial charge in [-0.05, 0) is 35.9 Å². The van der Waals surface area contributed by atoms with E-state index in [4.69, 9.17) is 19.9 Å². The molecular formula is C19H21NO6S. The van der Waals surface area contributed by atoms with Crippen LogP contribution in [0.1, 0.15) is 11.1 Å². The van der Waals surface area contributed by atoms with E-state index in [1.807, 2.05) is 0 Å². The summed E-state index contributed by atoms with van der Waals surface area (Å²) in [6.07, 6.45) is 1.18. The Kier molecular flexibility index (Phi) is 6.46. The van der Waals surface area contributed by atoms with E-state index >= 15 is 0 Å². The van der Waals surface area contributed by atoms with Crippen molar-refractivity contribution in [2.24, 2.45) is 5.73 Å². The maximum Gasteiger partial charge on any atom is 0.260 e. The first-order chi connectivity index (χ1) is 12.8. The molecule has 0 saturated heterocycles. The average molecular weight is 391 g/mol. The Bertz CT molecular complexity index is 926. The zero-order chi connectivity index (χ0) is 20.0. The number of ether oxygens (including phenoxy) is 3. The third kappa shape index (κ3) is 4.79. The first-order valence-electron chi connectivity index (χ1n) is 7.90. The number of methoxy groups -OCH3 is 3. The van der Waals surface area contributed by atoms with Crippen molar-refractivity contribution in [3.63, 3.8) is 0 Å². The van der Waals surface area contributed by atoms with Crippen LogP contribution >= 0.6 is 0 Å². The number of benzene rings is 2. The molecule has 0 unspecified atom stereocenters. The summed E-state index contributed by atoms with van der Waals surface area (Å²) in [6.45, 7) is 0. The molecule has 27 heavy (non-hydrogen) atoms. The van der Waals surface area contributed by atoms with Gasteiger partial charge in [-0.3, -0.25) is 4.79 Å². The Morgan fingerprint density at radius 3 is 1.96 bits per heavy atom. The van der Waals surface area contributed by atoms with Gasteiger partial charge in [-0.2, -0.15) is 0 Å². The molecule has 7 nitrogen and oxygen atoms in total. The van der Waals surface area contributed by atoms with Crippen molar-refractivity contribution in [1.29, 1.82) is 0 Å². The first kappa shape index (κ1) is 20.3. The van der Waals surface area contributed by atoms with Crippen LogP contribution in [0.3, 0.4) is 0 Å². The maximum atomic E-state index is 12.8. The summed E-state index contributed by atoms with van der Waals surface area (Å²) in [5.74, 6) is -0.138. The predicted molar refractivity (Wildman–Crippen MR) is 102 cm³/mol. The van der Waals surface area contributed by atoms with Gasteiger partial charge in [0.25, 0.3) is 5.91 Å². The van der Waals surface area contributed by atoms with E-state index in [1.54, 1.807) is 42.5 Å². The number of carbonyl (C=O) groups is 1. The Morgan fingerprint density at radius 1 is 0.963 bits per heavy atom. The number of carbonyl (C=O) groups excluding carboxylic acids is 1. The first-order valence-corrected chi connectivity index (χ1v) is 9.55. The summed E-state index contributed by atoms with van der Waals surface area (Å²) in [6, 6.07) is 11.4. The number of hydrogen-bond acceptors (Lipinski definition) is 6. The number of nitrogens with two attached hydrogens (primary N) is 1. The second-order valence-corrected chi connectivity index (χ2v) is 7.51. The second-order valence-electron chi connectivity index (χ2n) is 5.56. The highest BCUT2D eigenvalue weighted by Gasteiger charge is 2.25. The lowest BCUT2D eigenvalue weighted by molar-refractivity contribution is -0.113. The SMILES string of the molecule is COc1ccc(CS(=O)(=O)/C(=C/c2c(OC)cccc2OC)C(N)=O)cc1. The van der Waals surface area contributed by atoms with Crippen molar-refractivity contribution in [1.82, 2.24) is 0 Å². The predicted octanol–water partition coefficient (Wildman–Crippen LogP) is 2.15. The van der Waals surface area contributed by atoms with E-state index in [-0.39, 0.29) is 5.75 Å². The normalized spacial score (nSPS) is 11.7. The number of sulfone groups is 1. The van der Waals surface area contributed by atoms with Gasteiger partial charge in [-0.25, -0.2) is 8.42 Å². The van der Waals surface area contributed by atoms with Crippen LogP contribution in [-0.4, -0.2) is 35.7 Å². The molecule has 2 aromatic carbocycles. The molecule has 0 aliphatic heterocycles. The van der Waals surface area contributed by atoms with E-state index in [0.29, 0.717) is 28.4 Å². The fourth-order valence-electron chi connectivity index (χ4n) is 2.49. The number of rotatable bonds is 8. The Labute approximate surface area is 158 Å². The molecule has 2 N–H and O–H groups in total. The minimum absolute atomic E-state index is 0.314. The average Bonchev–Trinajstić information content (AvgIpc) is 2.65. The van der Waals surface area contributed by atoms with Crippen LogP contribution in [0.5, 0.6) is 17.2 Å². The second kappa shape index (κ2) is 8.59. The maximum absolute atomic E-state index is 12.8. The fourth-order valence-corrected chi connectivity index (χ4v) is 3.88. The summed E-state index contributed by atoms with van der Waals surface area (Å²) >= 11 is 0. The largest absolute Gasteiger partial charge is 0.497 e. The van der Waals surface area contributed by atoms with Crippen molar-refractivity contribution in [3.8, 4) is 17.2 Å². The molecular weight excluding hydrogens is 370 g/mol. The summed E-state index contributed by atoms with van der Waals surface area (Å²) in [4.78, 5) is 11.4. The molecule has 144 valence electrons. The highest BCUT2D eigenvalue weighted by molar-refractivity contribution is 7.95. The molecule has 2 rings (SSSR count). The van der Waals surface area contributed by atoms with Crippen LogP contribution < -0.4 is 19.9 Å². The molecule has 0 aliphatic carbocycles. The van der Waals surface area contributed by atoms with Gasteiger partial charge in [0.15, 0.2) is 9.84 Å². The molecule has 0 aromatic heterocycles. The monoisotopic (exact) mass is 391 g/mol. The van der Waals surface area contributed by atoms with Crippen molar-refractivity contribution in [3.05, 3.63) is 58.5 Å². The molecule has 0 aliphatic rings. The highest BCUT2D eigenvalue weighted by Crippen LogP contribution is 2.32. The lowest BCUT2D eigenvalue weighted by Gasteiger charge is -2.12. The van der Waals surface area contributed by atoms with Crippen LogP contribution in [0.4, 0.5) is 0 Å². The third-order valence-electron chi connectivity index (χ3n) is 3.84. The Balaban J connectivity index is 2.50. The molecule has 0 atom stereocenters. The standard InChI is InChI=1S/C19H21NO6S/c1-24-14-9-7-13(8-10-14)12-27(22,23)18(19(20)21)11-15-16(25-2)5-4-6-17(15)26-3/h4-11H,12H2,1-3H3,(H2,20,21)/b18-11+. The van der Waals surface area contributed by atoms with Crippen molar-refractivity contribution >= 4 is 21.8 Å². The summed E-state index contributed by atoms with van der Waals surface area (Å²) in [5, 5.41) is 0. The van der Waals surface area contributed by atoms with E-state index < -0.39 is 20.6 Å². The minimum Gasteiger partial charge on any atom is -0.497 e. The zero-order valence-corrected chi connectivity index (χ0v) is 16.1. The molecule has 1 amide bonds. The lowest BCUT2D eigenvalue weighted by Crippen LogP contribution is -2.22. The minimum atomic E-state index is -4.01. The molecule has 8 heteroatoms. The quantitative estimate of drug-likeness (QED) is 0.692. The topological polar surface area (TPSA) is 105 Å². The van der Waals surface area contributed by atoms with Crippen LogP contribution in [0.2, 0.25) is 0 Å². The van der Waals surface area contributed by atoms with E-state index in [1.165, 1.54) is 27.4 Å². The van der Waals surface area contributed by atoms with Gasteiger partial charge >= 0.3 is 0 Å². The molecule has 2 aromatic rings. The van der Waals surface area contributed by atoms with Crippen molar-refractivity contribution in [2.75, 3.05) is 21.3 Å². The fraction of sp³-hybridized carbons (Fsp3) is 0.211. The Hall–Kier alpha value is -3.00. The number of primary amides is 1. The lowest BCUT2D eigenvalue weighted by atomic mass is 10.1.